The highest BCUT2D eigenvalue weighted by molar-refractivity contribution is 6.04. The average Bonchev–Trinajstić information content (AvgIpc) is 2.76. The van der Waals surface area contributed by atoms with Crippen molar-refractivity contribution in [1.82, 2.24) is 19.8 Å². The number of carbonyl (C=O) groups is 1. The largest absolute Gasteiger partial charge is 0.338 e. The fraction of sp³-hybridized carbons (Fsp3) is 0.375. The van der Waals surface area contributed by atoms with Gasteiger partial charge in [-0.2, -0.15) is 0 Å². The third-order valence-electron chi connectivity index (χ3n) is 5.73. The summed E-state index contributed by atoms with van der Waals surface area (Å²) < 4.78 is 0. The second-order valence-corrected chi connectivity index (χ2v) is 7.99. The van der Waals surface area contributed by atoms with E-state index in [0.717, 1.165) is 31.6 Å². The molecule has 1 amide bonds. The summed E-state index contributed by atoms with van der Waals surface area (Å²) in [5.41, 5.74) is 3.35. The Bertz CT molecular complexity index is 954. The number of fused-ring (bicyclic) bond motifs is 1. The van der Waals surface area contributed by atoms with Gasteiger partial charge in [-0.25, -0.2) is 0 Å². The first-order valence-electron chi connectivity index (χ1n) is 10.4. The van der Waals surface area contributed by atoms with Crippen LogP contribution in [-0.2, 0) is 6.42 Å². The van der Waals surface area contributed by atoms with Crippen LogP contribution < -0.4 is 0 Å². The van der Waals surface area contributed by atoms with E-state index in [1.54, 1.807) is 12.4 Å². The van der Waals surface area contributed by atoms with E-state index in [9.17, 15) is 4.79 Å². The summed E-state index contributed by atoms with van der Waals surface area (Å²) >= 11 is 0. The first kappa shape index (κ1) is 19.5. The molecule has 1 aliphatic rings. The Morgan fingerprint density at radius 3 is 2.76 bits per heavy atom. The lowest BCUT2D eigenvalue weighted by Gasteiger charge is -2.34. The van der Waals surface area contributed by atoms with Gasteiger partial charge >= 0.3 is 0 Å². The Balaban J connectivity index is 1.58. The zero-order chi connectivity index (χ0) is 20.1. The van der Waals surface area contributed by atoms with Gasteiger partial charge in [0, 0.05) is 32.0 Å². The van der Waals surface area contributed by atoms with Crippen LogP contribution in [0, 0.1) is 5.92 Å². The molecule has 0 N–H and O–H groups in total. The molecule has 0 aliphatic carbocycles. The van der Waals surface area contributed by atoms with Gasteiger partial charge in [-0.05, 0) is 56.5 Å². The van der Waals surface area contributed by atoms with Gasteiger partial charge in [-0.3, -0.25) is 14.8 Å². The third kappa shape index (κ3) is 4.80. The highest BCUT2D eigenvalue weighted by atomic mass is 16.2. The number of nitrogens with zero attached hydrogens (tertiary/aromatic N) is 4. The van der Waals surface area contributed by atoms with E-state index in [-0.39, 0.29) is 5.91 Å². The third-order valence-corrected chi connectivity index (χ3v) is 5.73. The molecule has 1 atom stereocenters. The highest BCUT2D eigenvalue weighted by Gasteiger charge is 2.25. The van der Waals surface area contributed by atoms with Crippen molar-refractivity contribution in [3.8, 4) is 0 Å². The van der Waals surface area contributed by atoms with Crippen LogP contribution in [0.1, 0.15) is 28.8 Å². The number of benzene rings is 2. The molecule has 5 nitrogen and oxygen atoms in total. The number of rotatable bonds is 6. The summed E-state index contributed by atoms with van der Waals surface area (Å²) in [6.07, 6.45) is 6.55. The molecule has 1 aromatic heterocycles. The smallest absolute Gasteiger partial charge is 0.256 e. The molecule has 0 spiro atoms. The quantitative estimate of drug-likeness (QED) is 0.647. The summed E-state index contributed by atoms with van der Waals surface area (Å²) in [6, 6.07) is 16.1. The van der Waals surface area contributed by atoms with E-state index in [1.807, 2.05) is 29.2 Å². The second-order valence-electron chi connectivity index (χ2n) is 7.99. The molecule has 2 heterocycles. The van der Waals surface area contributed by atoms with Crippen molar-refractivity contribution >= 4 is 16.9 Å². The number of para-hydroxylation sites is 1. The number of likely N-dealkylation sites (tertiary alicyclic amines) is 1. The van der Waals surface area contributed by atoms with Gasteiger partial charge in [0.1, 0.15) is 5.52 Å². The van der Waals surface area contributed by atoms with Gasteiger partial charge in [-0.1, -0.05) is 36.4 Å². The van der Waals surface area contributed by atoms with Crippen LogP contribution in [0.4, 0.5) is 0 Å². The standard InChI is InChI=1S/C24H28N4O/c1-27-15-6-9-20(17-27)18-28(16-12-19-7-3-2-4-8-19)24(29)21-10-5-11-22-23(21)26-14-13-25-22/h2-5,7-8,10-11,13-14,20H,6,9,12,15-18H2,1H3/t20-/m0/s1. The predicted molar refractivity (Wildman–Crippen MR) is 116 cm³/mol. The van der Waals surface area contributed by atoms with Crippen molar-refractivity contribution in [1.29, 1.82) is 0 Å². The van der Waals surface area contributed by atoms with Gasteiger partial charge in [0.25, 0.3) is 5.91 Å². The van der Waals surface area contributed by atoms with E-state index in [2.05, 4.69) is 46.2 Å². The first-order valence-corrected chi connectivity index (χ1v) is 10.4. The molecule has 1 fully saturated rings. The van der Waals surface area contributed by atoms with Crippen molar-refractivity contribution in [3.05, 3.63) is 72.1 Å². The number of hydrogen-bond acceptors (Lipinski definition) is 4. The summed E-state index contributed by atoms with van der Waals surface area (Å²) in [5.74, 6) is 0.565. The van der Waals surface area contributed by atoms with Gasteiger partial charge < -0.3 is 9.80 Å². The van der Waals surface area contributed by atoms with Crippen LogP contribution in [0.15, 0.2) is 60.9 Å². The minimum atomic E-state index is 0.0558. The number of amides is 1. The van der Waals surface area contributed by atoms with E-state index in [0.29, 0.717) is 23.5 Å². The van der Waals surface area contributed by atoms with E-state index < -0.39 is 0 Å². The Kier molecular flexibility index (Phi) is 6.15. The van der Waals surface area contributed by atoms with Crippen molar-refractivity contribution in [2.45, 2.75) is 19.3 Å². The number of piperidine rings is 1. The highest BCUT2D eigenvalue weighted by Crippen LogP contribution is 2.21. The molecular weight excluding hydrogens is 360 g/mol. The molecule has 29 heavy (non-hydrogen) atoms. The lowest BCUT2D eigenvalue weighted by atomic mass is 9.97. The monoisotopic (exact) mass is 388 g/mol. The molecule has 1 aliphatic heterocycles. The summed E-state index contributed by atoms with van der Waals surface area (Å²) in [4.78, 5) is 26.8. The normalized spacial score (nSPS) is 17.3. The molecule has 0 unspecified atom stereocenters. The minimum absolute atomic E-state index is 0.0558. The molecule has 5 heteroatoms. The van der Waals surface area contributed by atoms with Crippen molar-refractivity contribution < 1.29 is 4.79 Å². The zero-order valence-electron chi connectivity index (χ0n) is 17.0. The SMILES string of the molecule is CN1CCC[C@H](CN(CCc2ccccc2)C(=O)c2cccc3nccnc23)C1. The molecule has 0 saturated carbocycles. The zero-order valence-corrected chi connectivity index (χ0v) is 17.0. The van der Waals surface area contributed by atoms with Crippen LogP contribution in [0.25, 0.3) is 11.0 Å². The maximum absolute atomic E-state index is 13.6. The Morgan fingerprint density at radius 2 is 1.93 bits per heavy atom. The van der Waals surface area contributed by atoms with Gasteiger partial charge in [0.15, 0.2) is 0 Å². The number of hydrogen-bond donors (Lipinski definition) is 0. The molecule has 3 aromatic rings. The molecule has 1 saturated heterocycles. The van der Waals surface area contributed by atoms with Gasteiger partial charge in [-0.15, -0.1) is 0 Å². The van der Waals surface area contributed by atoms with E-state index in [4.69, 9.17) is 0 Å². The molecular formula is C24H28N4O. The van der Waals surface area contributed by atoms with Crippen LogP contribution in [0.5, 0.6) is 0 Å². The van der Waals surface area contributed by atoms with E-state index in [1.165, 1.54) is 18.4 Å². The number of aromatic nitrogens is 2. The van der Waals surface area contributed by atoms with Crippen LogP contribution in [0.3, 0.4) is 0 Å². The lowest BCUT2D eigenvalue weighted by molar-refractivity contribution is 0.0695. The molecule has 150 valence electrons. The second kappa shape index (κ2) is 9.14. The number of carbonyl (C=O) groups excluding carboxylic acids is 1. The van der Waals surface area contributed by atoms with Crippen molar-refractivity contribution in [3.63, 3.8) is 0 Å². The predicted octanol–water partition coefficient (Wildman–Crippen LogP) is 3.66. The Labute approximate surface area is 172 Å². The van der Waals surface area contributed by atoms with Crippen LogP contribution in [0.2, 0.25) is 0 Å². The maximum atomic E-state index is 13.6. The fourth-order valence-corrected chi connectivity index (χ4v) is 4.25. The summed E-state index contributed by atoms with van der Waals surface area (Å²) in [6.45, 7) is 3.68. The van der Waals surface area contributed by atoms with Gasteiger partial charge in [0.05, 0.1) is 11.1 Å². The Hall–Kier alpha value is -2.79. The minimum Gasteiger partial charge on any atom is -0.338 e. The topological polar surface area (TPSA) is 49.3 Å². The summed E-state index contributed by atoms with van der Waals surface area (Å²) in [5, 5.41) is 0. The van der Waals surface area contributed by atoms with Crippen LogP contribution in [-0.4, -0.2) is 58.9 Å². The van der Waals surface area contributed by atoms with Gasteiger partial charge in [0.2, 0.25) is 0 Å². The summed E-state index contributed by atoms with van der Waals surface area (Å²) in [7, 11) is 2.17. The molecule has 0 bridgehead atoms. The maximum Gasteiger partial charge on any atom is 0.256 e. The first-order chi connectivity index (χ1) is 14.2. The van der Waals surface area contributed by atoms with Crippen LogP contribution >= 0.6 is 0 Å². The van der Waals surface area contributed by atoms with E-state index >= 15 is 0 Å². The van der Waals surface area contributed by atoms with Crippen molar-refractivity contribution in [2.24, 2.45) is 5.92 Å². The average molecular weight is 389 g/mol. The molecule has 4 rings (SSSR count). The molecule has 2 aromatic carbocycles. The lowest BCUT2D eigenvalue weighted by Crippen LogP contribution is -2.42. The molecule has 0 radical (unpaired) electrons. The Morgan fingerprint density at radius 1 is 1.10 bits per heavy atom. The van der Waals surface area contributed by atoms with Crippen molar-refractivity contribution in [2.75, 3.05) is 33.2 Å². The fourth-order valence-electron chi connectivity index (χ4n) is 4.25.